The fourth-order valence-electron chi connectivity index (χ4n) is 3.83. The second-order valence-electron chi connectivity index (χ2n) is 6.98. The summed E-state index contributed by atoms with van der Waals surface area (Å²) < 4.78 is 27.8. The van der Waals surface area contributed by atoms with Crippen LogP contribution in [0, 0.1) is 11.6 Å². The highest BCUT2D eigenvalue weighted by Crippen LogP contribution is 2.19. The Morgan fingerprint density at radius 2 is 1.79 bits per heavy atom. The number of rotatable bonds is 5. The molecular formula is C22H21F2N2OS+. The van der Waals surface area contributed by atoms with Gasteiger partial charge in [0, 0.05) is 12.0 Å². The number of fused-ring (bicyclic) bond motifs is 1. The largest absolute Gasteiger partial charge is 0.345 e. The predicted octanol–water partition coefficient (Wildman–Crippen LogP) is 3.14. The number of halogens is 2. The third-order valence-corrected chi connectivity index (χ3v) is 6.27. The fourth-order valence-corrected chi connectivity index (χ4v) is 4.72. The maximum atomic E-state index is 13.9. The van der Waals surface area contributed by atoms with E-state index in [1.165, 1.54) is 22.1 Å². The van der Waals surface area contributed by atoms with Gasteiger partial charge in [-0.05, 0) is 29.1 Å². The zero-order valence-corrected chi connectivity index (χ0v) is 16.1. The van der Waals surface area contributed by atoms with Crippen molar-refractivity contribution >= 4 is 17.2 Å². The first-order valence-electron chi connectivity index (χ1n) is 9.30. The second kappa shape index (κ2) is 8.20. The normalized spacial score (nSPS) is 17.0. The third kappa shape index (κ3) is 3.84. The lowest BCUT2D eigenvalue weighted by atomic mass is 9.98. The molecule has 2 heterocycles. The van der Waals surface area contributed by atoms with Crippen LogP contribution in [-0.4, -0.2) is 19.0 Å². The van der Waals surface area contributed by atoms with E-state index in [1.807, 2.05) is 17.5 Å². The van der Waals surface area contributed by atoms with Crippen molar-refractivity contribution in [3.05, 3.63) is 93.2 Å². The van der Waals surface area contributed by atoms with Crippen molar-refractivity contribution in [2.75, 3.05) is 13.1 Å². The lowest BCUT2D eigenvalue weighted by Crippen LogP contribution is -3.12. The van der Waals surface area contributed by atoms with E-state index >= 15 is 0 Å². The molecule has 6 heteroatoms. The Balaban J connectivity index is 1.53. The van der Waals surface area contributed by atoms with Gasteiger partial charge in [0.25, 0.3) is 5.91 Å². The molecule has 0 radical (unpaired) electrons. The van der Waals surface area contributed by atoms with Crippen LogP contribution >= 0.6 is 11.3 Å². The molecule has 0 saturated carbocycles. The molecule has 28 heavy (non-hydrogen) atoms. The lowest BCUT2D eigenvalue weighted by molar-refractivity contribution is -0.945. The van der Waals surface area contributed by atoms with Crippen LogP contribution in [0.5, 0.6) is 0 Å². The van der Waals surface area contributed by atoms with E-state index in [0.29, 0.717) is 6.54 Å². The molecule has 2 N–H and O–H groups in total. The van der Waals surface area contributed by atoms with Gasteiger partial charge in [-0.3, -0.25) is 4.79 Å². The number of carbonyl (C=O) groups is 1. The summed E-state index contributed by atoms with van der Waals surface area (Å²) in [6.07, 6.45) is 0.975. The molecule has 2 atom stereocenters. The minimum absolute atomic E-state index is 0.0344. The number of carbonyl (C=O) groups excluding carboxylic acids is 1. The molecule has 4 rings (SSSR count). The van der Waals surface area contributed by atoms with Gasteiger partial charge in [-0.15, -0.1) is 11.3 Å². The number of hydrogen-bond donors (Lipinski definition) is 2. The number of quaternary nitrogens is 1. The van der Waals surface area contributed by atoms with Gasteiger partial charge in [0.2, 0.25) is 0 Å². The highest BCUT2D eigenvalue weighted by molar-refractivity contribution is 7.10. The molecule has 144 valence electrons. The van der Waals surface area contributed by atoms with Crippen LogP contribution in [0.2, 0.25) is 0 Å². The molecule has 1 aliphatic rings. The van der Waals surface area contributed by atoms with Gasteiger partial charge in [0.15, 0.2) is 0 Å². The molecular weight excluding hydrogens is 378 g/mol. The monoisotopic (exact) mass is 399 g/mol. The summed E-state index contributed by atoms with van der Waals surface area (Å²) >= 11 is 1.64. The fraction of sp³-hybridized carbons (Fsp3) is 0.227. The summed E-state index contributed by atoms with van der Waals surface area (Å²) in [5, 5.41) is 4.77. The van der Waals surface area contributed by atoms with Crippen LogP contribution in [0.3, 0.4) is 0 Å². The second-order valence-corrected chi connectivity index (χ2v) is 7.96. The quantitative estimate of drug-likeness (QED) is 0.679. The highest BCUT2D eigenvalue weighted by atomic mass is 32.1. The van der Waals surface area contributed by atoms with Gasteiger partial charge in [-0.1, -0.05) is 36.4 Å². The molecule has 1 unspecified atom stereocenters. The molecule has 1 amide bonds. The van der Waals surface area contributed by atoms with Crippen LogP contribution < -0.4 is 10.2 Å². The number of hydrogen-bond acceptors (Lipinski definition) is 2. The molecule has 0 spiro atoms. The summed E-state index contributed by atoms with van der Waals surface area (Å²) in [7, 11) is 0. The Hall–Kier alpha value is -2.57. The smallest absolute Gasteiger partial charge is 0.257 e. The van der Waals surface area contributed by atoms with Gasteiger partial charge >= 0.3 is 0 Å². The molecule has 0 aliphatic carbocycles. The van der Waals surface area contributed by atoms with E-state index < -0.39 is 23.1 Å². The van der Waals surface area contributed by atoms with Crippen molar-refractivity contribution < 1.29 is 18.5 Å². The van der Waals surface area contributed by atoms with Gasteiger partial charge < -0.3 is 10.2 Å². The Kier molecular flexibility index (Phi) is 5.50. The standard InChI is InChI=1S/C22H20F2N2OS/c23-17-7-3-8-18(24)21(17)22(27)25-13-19(20-9-4-12-28-20)26-11-10-15-5-1-2-6-16(15)14-26/h1-9,12,19H,10-11,13-14H2,(H,25,27)/p+1/t19-/m0/s1. The summed E-state index contributed by atoms with van der Waals surface area (Å²) in [6, 6.07) is 15.9. The Labute approximate surface area is 166 Å². The van der Waals surface area contributed by atoms with Crippen molar-refractivity contribution in [3.63, 3.8) is 0 Å². The van der Waals surface area contributed by atoms with Crippen molar-refractivity contribution in [1.29, 1.82) is 0 Å². The van der Waals surface area contributed by atoms with Gasteiger partial charge in [-0.25, -0.2) is 8.78 Å². The molecule has 0 saturated heterocycles. The number of benzene rings is 2. The van der Waals surface area contributed by atoms with Crippen molar-refractivity contribution in [3.8, 4) is 0 Å². The molecule has 3 aromatic rings. The molecule has 0 bridgehead atoms. The van der Waals surface area contributed by atoms with Crippen molar-refractivity contribution in [2.45, 2.75) is 19.0 Å². The molecule has 3 nitrogen and oxygen atoms in total. The Morgan fingerprint density at radius 3 is 2.50 bits per heavy atom. The lowest BCUT2D eigenvalue weighted by Gasteiger charge is -2.32. The Bertz CT molecular complexity index is 954. The van der Waals surface area contributed by atoms with E-state index in [1.54, 1.807) is 11.3 Å². The van der Waals surface area contributed by atoms with Crippen LogP contribution in [0.15, 0.2) is 60.0 Å². The summed E-state index contributed by atoms with van der Waals surface area (Å²) in [4.78, 5) is 14.9. The Morgan fingerprint density at radius 1 is 1.04 bits per heavy atom. The van der Waals surface area contributed by atoms with Crippen LogP contribution in [0.4, 0.5) is 8.78 Å². The van der Waals surface area contributed by atoms with E-state index in [0.717, 1.165) is 36.5 Å². The SMILES string of the molecule is O=C(NC[C@@H](c1cccs1)[NH+]1CCc2ccccc2C1)c1c(F)cccc1F. The van der Waals surface area contributed by atoms with Crippen molar-refractivity contribution in [1.82, 2.24) is 5.32 Å². The summed E-state index contributed by atoms with van der Waals surface area (Å²) in [6.45, 7) is 2.14. The van der Waals surface area contributed by atoms with E-state index in [2.05, 4.69) is 29.6 Å². The van der Waals surface area contributed by atoms with E-state index in [4.69, 9.17) is 0 Å². The van der Waals surface area contributed by atoms with E-state index in [-0.39, 0.29) is 6.04 Å². The maximum absolute atomic E-state index is 13.9. The summed E-state index contributed by atoms with van der Waals surface area (Å²) in [5.74, 6) is -2.40. The zero-order valence-electron chi connectivity index (χ0n) is 15.3. The number of thiophene rings is 1. The maximum Gasteiger partial charge on any atom is 0.257 e. The molecule has 2 aromatic carbocycles. The highest BCUT2D eigenvalue weighted by Gasteiger charge is 2.30. The van der Waals surface area contributed by atoms with Gasteiger partial charge in [0.05, 0.1) is 18.0 Å². The first-order chi connectivity index (χ1) is 13.6. The minimum atomic E-state index is -0.843. The molecule has 1 aromatic heterocycles. The molecule has 0 fully saturated rings. The number of nitrogens with one attached hydrogen (secondary N) is 2. The van der Waals surface area contributed by atoms with Crippen LogP contribution in [0.25, 0.3) is 0 Å². The van der Waals surface area contributed by atoms with Gasteiger partial charge in [-0.2, -0.15) is 0 Å². The van der Waals surface area contributed by atoms with Gasteiger partial charge in [0.1, 0.15) is 29.8 Å². The van der Waals surface area contributed by atoms with Crippen molar-refractivity contribution in [2.24, 2.45) is 0 Å². The summed E-state index contributed by atoms with van der Waals surface area (Å²) in [5.41, 5.74) is 2.16. The van der Waals surface area contributed by atoms with Crippen LogP contribution in [-0.2, 0) is 13.0 Å². The first-order valence-corrected chi connectivity index (χ1v) is 10.2. The van der Waals surface area contributed by atoms with E-state index in [9.17, 15) is 13.6 Å². The topological polar surface area (TPSA) is 33.5 Å². The predicted molar refractivity (Wildman–Crippen MR) is 105 cm³/mol. The van der Waals surface area contributed by atoms with Crippen LogP contribution in [0.1, 0.15) is 32.4 Å². The third-order valence-electron chi connectivity index (χ3n) is 5.29. The average Bonchev–Trinajstić information content (AvgIpc) is 3.22. The first kappa shape index (κ1) is 18.8. The number of amides is 1. The average molecular weight is 399 g/mol. The molecule has 1 aliphatic heterocycles. The zero-order chi connectivity index (χ0) is 19.5. The minimum Gasteiger partial charge on any atom is -0.345 e.